The van der Waals surface area contributed by atoms with Crippen molar-refractivity contribution in [1.29, 1.82) is 0 Å². The first-order valence-corrected chi connectivity index (χ1v) is 10.5. The van der Waals surface area contributed by atoms with E-state index in [2.05, 4.69) is 14.8 Å². The van der Waals surface area contributed by atoms with Gasteiger partial charge in [-0.15, -0.1) is 0 Å². The Bertz CT molecular complexity index is 1110. The van der Waals surface area contributed by atoms with E-state index < -0.39 is 11.7 Å². The molecule has 0 aliphatic carbocycles. The molecule has 1 saturated heterocycles. The van der Waals surface area contributed by atoms with Gasteiger partial charge in [-0.2, -0.15) is 13.2 Å². The van der Waals surface area contributed by atoms with Crippen molar-refractivity contribution < 1.29 is 27.8 Å². The minimum absolute atomic E-state index is 0.103. The summed E-state index contributed by atoms with van der Waals surface area (Å²) in [6, 6.07) is 8.39. The van der Waals surface area contributed by atoms with Crippen molar-refractivity contribution in [1.82, 2.24) is 14.9 Å². The van der Waals surface area contributed by atoms with Crippen molar-refractivity contribution in [3.8, 4) is 22.9 Å². The average Bonchev–Trinajstić information content (AvgIpc) is 2.82. The number of piperazine rings is 1. The molecule has 4 rings (SSSR count). The van der Waals surface area contributed by atoms with Gasteiger partial charge in [-0.05, 0) is 18.2 Å². The number of aliphatic hydroxyl groups is 1. The summed E-state index contributed by atoms with van der Waals surface area (Å²) < 4.78 is 49.9. The van der Waals surface area contributed by atoms with Crippen LogP contribution in [0.5, 0.6) is 11.5 Å². The highest BCUT2D eigenvalue weighted by atomic mass is 19.4. The maximum absolute atomic E-state index is 13.0. The SMILES string of the molecule is COc1cc2nc(-c3ccc(C(F)(F)F)cc3)nc(N3CCN(CCO)CC3)c2cc1OC. The molecule has 1 aliphatic rings. The van der Waals surface area contributed by atoms with Crippen molar-refractivity contribution in [2.45, 2.75) is 6.18 Å². The fourth-order valence-electron chi connectivity index (χ4n) is 3.94. The lowest BCUT2D eigenvalue weighted by molar-refractivity contribution is -0.137. The second-order valence-electron chi connectivity index (χ2n) is 7.72. The number of alkyl halides is 3. The largest absolute Gasteiger partial charge is 0.493 e. The smallest absolute Gasteiger partial charge is 0.416 e. The molecule has 0 spiro atoms. The third-order valence-electron chi connectivity index (χ3n) is 5.74. The molecule has 1 N–H and O–H groups in total. The molecular formula is C23H25F3N4O3. The number of aliphatic hydroxyl groups excluding tert-OH is 1. The lowest BCUT2D eigenvalue weighted by Crippen LogP contribution is -2.47. The number of benzene rings is 2. The first kappa shape index (κ1) is 23.1. The fourth-order valence-corrected chi connectivity index (χ4v) is 3.94. The monoisotopic (exact) mass is 462 g/mol. The third kappa shape index (κ3) is 4.81. The van der Waals surface area contributed by atoms with Gasteiger partial charge in [0.05, 0.1) is 31.9 Å². The zero-order chi connectivity index (χ0) is 23.6. The molecule has 0 bridgehead atoms. The Morgan fingerprint density at radius 2 is 1.58 bits per heavy atom. The fraction of sp³-hybridized carbons (Fsp3) is 0.391. The number of rotatable bonds is 6. The second kappa shape index (κ2) is 9.40. The molecule has 176 valence electrons. The lowest BCUT2D eigenvalue weighted by atomic mass is 10.1. The van der Waals surface area contributed by atoms with E-state index >= 15 is 0 Å². The van der Waals surface area contributed by atoms with Gasteiger partial charge in [0.2, 0.25) is 0 Å². The van der Waals surface area contributed by atoms with E-state index in [9.17, 15) is 18.3 Å². The van der Waals surface area contributed by atoms with Gasteiger partial charge in [0, 0.05) is 49.7 Å². The first-order chi connectivity index (χ1) is 15.8. The second-order valence-corrected chi connectivity index (χ2v) is 7.72. The van der Waals surface area contributed by atoms with Crippen LogP contribution in [0.4, 0.5) is 19.0 Å². The number of nitrogens with zero attached hydrogens (tertiary/aromatic N) is 4. The van der Waals surface area contributed by atoms with Crippen molar-refractivity contribution >= 4 is 16.7 Å². The Balaban J connectivity index is 1.80. The predicted molar refractivity (Wildman–Crippen MR) is 119 cm³/mol. The van der Waals surface area contributed by atoms with Crippen LogP contribution in [0, 0.1) is 0 Å². The van der Waals surface area contributed by atoms with Crippen molar-refractivity contribution in [2.24, 2.45) is 0 Å². The number of anilines is 1. The molecule has 10 heteroatoms. The maximum atomic E-state index is 13.0. The standard InChI is InChI=1S/C23H25F3N4O3/c1-32-19-13-17-18(14-20(19)33-2)27-21(15-3-5-16(6-4-15)23(24,25)26)28-22(17)30-9-7-29(8-10-30)11-12-31/h3-6,13-14,31H,7-12H2,1-2H3. The number of ether oxygens (including phenoxy) is 2. The Morgan fingerprint density at radius 1 is 0.939 bits per heavy atom. The van der Waals surface area contributed by atoms with Crippen LogP contribution in [0.3, 0.4) is 0 Å². The highest BCUT2D eigenvalue weighted by molar-refractivity contribution is 5.93. The quantitative estimate of drug-likeness (QED) is 0.602. The van der Waals surface area contributed by atoms with Crippen LogP contribution in [-0.2, 0) is 6.18 Å². The Kier molecular flexibility index (Phi) is 6.57. The van der Waals surface area contributed by atoms with E-state index in [0.29, 0.717) is 53.9 Å². The molecule has 0 atom stereocenters. The van der Waals surface area contributed by atoms with Crippen LogP contribution < -0.4 is 14.4 Å². The topological polar surface area (TPSA) is 71.0 Å². The molecule has 0 unspecified atom stereocenters. The van der Waals surface area contributed by atoms with E-state index in [-0.39, 0.29) is 6.61 Å². The van der Waals surface area contributed by atoms with Gasteiger partial charge in [0.15, 0.2) is 17.3 Å². The van der Waals surface area contributed by atoms with E-state index in [0.717, 1.165) is 30.6 Å². The van der Waals surface area contributed by atoms with Crippen LogP contribution in [0.1, 0.15) is 5.56 Å². The molecule has 0 saturated carbocycles. The van der Waals surface area contributed by atoms with E-state index in [1.54, 1.807) is 13.2 Å². The molecule has 7 nitrogen and oxygen atoms in total. The normalized spacial score (nSPS) is 15.2. The number of aromatic nitrogens is 2. The number of β-amino-alcohol motifs (C(OH)–C–C–N with tert-alkyl or cyclic N) is 1. The zero-order valence-corrected chi connectivity index (χ0v) is 18.4. The van der Waals surface area contributed by atoms with Crippen molar-refractivity contribution in [3.63, 3.8) is 0 Å². The minimum Gasteiger partial charge on any atom is -0.493 e. The maximum Gasteiger partial charge on any atom is 0.416 e. The Hall–Kier alpha value is -3.11. The number of methoxy groups -OCH3 is 2. The first-order valence-electron chi connectivity index (χ1n) is 10.5. The summed E-state index contributed by atoms with van der Waals surface area (Å²) in [5.41, 5.74) is 0.365. The van der Waals surface area contributed by atoms with Gasteiger partial charge in [0.1, 0.15) is 5.82 Å². The average molecular weight is 462 g/mol. The zero-order valence-electron chi connectivity index (χ0n) is 18.4. The van der Waals surface area contributed by atoms with Gasteiger partial charge in [0.25, 0.3) is 0 Å². The van der Waals surface area contributed by atoms with E-state index in [1.807, 2.05) is 6.07 Å². The molecule has 2 heterocycles. The minimum atomic E-state index is -4.41. The summed E-state index contributed by atoms with van der Waals surface area (Å²) in [5, 5.41) is 9.97. The summed E-state index contributed by atoms with van der Waals surface area (Å²) >= 11 is 0. The summed E-state index contributed by atoms with van der Waals surface area (Å²) in [4.78, 5) is 13.7. The summed E-state index contributed by atoms with van der Waals surface area (Å²) in [7, 11) is 3.08. The Labute approximate surface area is 189 Å². The van der Waals surface area contributed by atoms with Gasteiger partial charge in [-0.1, -0.05) is 12.1 Å². The summed E-state index contributed by atoms with van der Waals surface area (Å²) in [6.07, 6.45) is -4.41. The highest BCUT2D eigenvalue weighted by Gasteiger charge is 2.30. The molecule has 3 aromatic rings. The molecular weight excluding hydrogens is 437 g/mol. The summed E-state index contributed by atoms with van der Waals surface area (Å²) in [6.45, 7) is 3.61. The van der Waals surface area contributed by atoms with Crippen LogP contribution in [0.2, 0.25) is 0 Å². The number of hydrogen-bond acceptors (Lipinski definition) is 7. The highest BCUT2D eigenvalue weighted by Crippen LogP contribution is 2.37. The van der Waals surface area contributed by atoms with Gasteiger partial charge in [-0.25, -0.2) is 9.97 Å². The van der Waals surface area contributed by atoms with E-state index in [1.165, 1.54) is 19.2 Å². The molecule has 2 aromatic carbocycles. The molecule has 1 fully saturated rings. The number of fused-ring (bicyclic) bond motifs is 1. The molecule has 0 amide bonds. The number of hydrogen-bond donors (Lipinski definition) is 1. The number of halogens is 3. The van der Waals surface area contributed by atoms with Gasteiger partial charge < -0.3 is 19.5 Å². The third-order valence-corrected chi connectivity index (χ3v) is 5.74. The summed E-state index contributed by atoms with van der Waals surface area (Å²) in [5.74, 6) is 2.05. The van der Waals surface area contributed by atoms with Gasteiger partial charge >= 0.3 is 6.18 Å². The van der Waals surface area contributed by atoms with Crippen molar-refractivity contribution in [3.05, 3.63) is 42.0 Å². The van der Waals surface area contributed by atoms with Gasteiger partial charge in [-0.3, -0.25) is 4.90 Å². The molecule has 1 aliphatic heterocycles. The molecule has 1 aromatic heterocycles. The molecule has 33 heavy (non-hydrogen) atoms. The Morgan fingerprint density at radius 3 is 2.15 bits per heavy atom. The van der Waals surface area contributed by atoms with Crippen LogP contribution in [0.25, 0.3) is 22.3 Å². The van der Waals surface area contributed by atoms with Crippen LogP contribution >= 0.6 is 0 Å². The van der Waals surface area contributed by atoms with Crippen molar-refractivity contribution in [2.75, 3.05) is 58.5 Å². The van der Waals surface area contributed by atoms with Crippen LogP contribution in [0.15, 0.2) is 36.4 Å². The van der Waals surface area contributed by atoms with E-state index in [4.69, 9.17) is 14.5 Å². The lowest BCUT2D eigenvalue weighted by Gasteiger charge is -2.35. The predicted octanol–water partition coefficient (Wildman–Crippen LogP) is 3.45. The molecule has 0 radical (unpaired) electrons. The van der Waals surface area contributed by atoms with Crippen LogP contribution in [-0.4, -0.2) is 73.5 Å².